The lowest BCUT2D eigenvalue weighted by Crippen LogP contribution is -2.23. The Morgan fingerprint density at radius 3 is 2.07 bits per heavy atom. The Bertz CT molecular complexity index is 899. The molecule has 0 radical (unpaired) electrons. The van der Waals surface area contributed by atoms with E-state index in [9.17, 15) is 0 Å². The Kier molecular flexibility index (Phi) is 5.07. The topological polar surface area (TPSA) is 34.6 Å². The molecule has 0 saturated carbocycles. The maximum Gasteiger partial charge on any atom is 0.147 e. The second-order valence-corrected chi connectivity index (χ2v) is 6.83. The van der Waals surface area contributed by atoms with Crippen molar-refractivity contribution in [3.63, 3.8) is 0 Å². The van der Waals surface area contributed by atoms with Crippen LogP contribution in [0.1, 0.15) is 18.5 Å². The van der Waals surface area contributed by atoms with E-state index in [1.54, 1.807) is 7.11 Å². The maximum absolute atomic E-state index is 5.93. The zero-order valence-electron chi connectivity index (χ0n) is 15.8. The molecule has 1 aromatic heterocycles. The molecule has 0 amide bonds. The van der Waals surface area contributed by atoms with Crippen molar-refractivity contribution >= 4 is 0 Å². The van der Waals surface area contributed by atoms with E-state index in [-0.39, 0.29) is 0 Å². The Hall–Kier alpha value is -2.85. The smallest absolute Gasteiger partial charge is 0.147 e. The first-order valence-corrected chi connectivity index (χ1v) is 9.38. The molecule has 4 nitrogen and oxygen atoms in total. The van der Waals surface area contributed by atoms with Crippen molar-refractivity contribution in [2.75, 3.05) is 20.2 Å². The van der Waals surface area contributed by atoms with Crippen LogP contribution in [0.25, 0.3) is 22.4 Å². The fourth-order valence-corrected chi connectivity index (χ4v) is 3.38. The Balaban J connectivity index is 1.64. The SMILES string of the molecule is COc1ccc(-c2ccc(C)nc2-c2ccc(ON3CCCC3)cc2)cc1. The van der Waals surface area contributed by atoms with Crippen LogP contribution in [-0.2, 0) is 0 Å². The molecule has 2 heterocycles. The van der Waals surface area contributed by atoms with Crippen molar-refractivity contribution in [2.24, 2.45) is 0 Å². The normalized spacial score (nSPS) is 14.3. The molecule has 2 aromatic carbocycles. The summed E-state index contributed by atoms with van der Waals surface area (Å²) in [5.41, 5.74) is 5.29. The molecular weight excluding hydrogens is 336 g/mol. The lowest BCUT2D eigenvalue weighted by Gasteiger charge is -2.16. The number of pyridine rings is 1. The highest BCUT2D eigenvalue weighted by atomic mass is 16.7. The summed E-state index contributed by atoms with van der Waals surface area (Å²) < 4.78 is 5.27. The van der Waals surface area contributed by atoms with Crippen LogP contribution < -0.4 is 9.57 Å². The van der Waals surface area contributed by atoms with Gasteiger partial charge >= 0.3 is 0 Å². The summed E-state index contributed by atoms with van der Waals surface area (Å²) >= 11 is 0. The van der Waals surface area contributed by atoms with Gasteiger partial charge in [-0.05, 0) is 67.8 Å². The van der Waals surface area contributed by atoms with E-state index in [4.69, 9.17) is 14.6 Å². The molecule has 0 aliphatic carbocycles. The van der Waals surface area contributed by atoms with E-state index in [1.165, 1.54) is 12.8 Å². The molecule has 4 heteroatoms. The fraction of sp³-hybridized carbons (Fsp3) is 0.261. The van der Waals surface area contributed by atoms with Crippen LogP contribution in [0.4, 0.5) is 0 Å². The third-order valence-corrected chi connectivity index (χ3v) is 4.86. The number of hydroxylamine groups is 2. The summed E-state index contributed by atoms with van der Waals surface area (Å²) in [5.74, 6) is 1.73. The molecule has 1 aliphatic rings. The molecule has 4 rings (SSSR count). The van der Waals surface area contributed by atoms with Crippen molar-refractivity contribution in [1.29, 1.82) is 0 Å². The van der Waals surface area contributed by atoms with Gasteiger partial charge in [0.1, 0.15) is 11.5 Å². The second-order valence-electron chi connectivity index (χ2n) is 6.83. The van der Waals surface area contributed by atoms with Gasteiger partial charge in [0.05, 0.1) is 12.8 Å². The van der Waals surface area contributed by atoms with Crippen molar-refractivity contribution < 1.29 is 9.57 Å². The number of methoxy groups -OCH3 is 1. The summed E-state index contributed by atoms with van der Waals surface area (Å²) in [6, 6.07) is 20.5. The quantitative estimate of drug-likeness (QED) is 0.632. The maximum atomic E-state index is 5.93. The minimum absolute atomic E-state index is 0.851. The predicted octanol–water partition coefficient (Wildman–Crippen LogP) is 5.12. The summed E-state index contributed by atoms with van der Waals surface area (Å²) in [6.45, 7) is 4.03. The number of nitrogens with zero attached hydrogens (tertiary/aromatic N) is 2. The van der Waals surface area contributed by atoms with Gasteiger partial charge in [0.2, 0.25) is 0 Å². The number of hydrogen-bond donors (Lipinski definition) is 0. The molecule has 27 heavy (non-hydrogen) atoms. The van der Waals surface area contributed by atoms with Gasteiger partial charge < -0.3 is 9.57 Å². The molecule has 0 bridgehead atoms. The van der Waals surface area contributed by atoms with Crippen molar-refractivity contribution in [2.45, 2.75) is 19.8 Å². The molecule has 1 aliphatic heterocycles. The fourth-order valence-electron chi connectivity index (χ4n) is 3.38. The lowest BCUT2D eigenvalue weighted by molar-refractivity contribution is -0.0346. The standard InChI is InChI=1S/C23H24N2O2/c1-17-5-14-22(18-6-10-20(26-2)11-7-18)23(24-17)19-8-12-21(13-9-19)27-25-15-3-4-16-25/h5-14H,3-4,15-16H2,1-2H3. The van der Waals surface area contributed by atoms with E-state index in [1.807, 2.05) is 42.3 Å². The first kappa shape index (κ1) is 17.6. The second kappa shape index (κ2) is 7.80. The van der Waals surface area contributed by atoms with Gasteiger partial charge in [-0.1, -0.05) is 18.2 Å². The molecular formula is C23H24N2O2. The molecule has 1 saturated heterocycles. The molecule has 138 valence electrons. The number of aryl methyl sites for hydroxylation is 1. The van der Waals surface area contributed by atoms with Gasteiger partial charge in [-0.15, -0.1) is 5.06 Å². The van der Waals surface area contributed by atoms with Gasteiger partial charge in [0.25, 0.3) is 0 Å². The summed E-state index contributed by atoms with van der Waals surface area (Å²) in [6.07, 6.45) is 2.41. The van der Waals surface area contributed by atoms with Gasteiger partial charge in [0, 0.05) is 29.9 Å². The zero-order valence-corrected chi connectivity index (χ0v) is 15.8. The monoisotopic (exact) mass is 360 g/mol. The average Bonchev–Trinajstić information content (AvgIpc) is 3.22. The Morgan fingerprint density at radius 1 is 0.778 bits per heavy atom. The van der Waals surface area contributed by atoms with Crippen molar-refractivity contribution in [3.8, 4) is 33.9 Å². The number of benzene rings is 2. The molecule has 0 unspecified atom stereocenters. The third-order valence-electron chi connectivity index (χ3n) is 4.86. The first-order valence-electron chi connectivity index (χ1n) is 9.38. The molecule has 0 N–H and O–H groups in total. The lowest BCUT2D eigenvalue weighted by atomic mass is 9.98. The Morgan fingerprint density at radius 2 is 1.41 bits per heavy atom. The van der Waals surface area contributed by atoms with Crippen LogP contribution in [0.5, 0.6) is 11.5 Å². The minimum atomic E-state index is 0.851. The highest BCUT2D eigenvalue weighted by Gasteiger charge is 2.14. The average molecular weight is 360 g/mol. The van der Waals surface area contributed by atoms with Gasteiger partial charge in [0.15, 0.2) is 0 Å². The highest BCUT2D eigenvalue weighted by molar-refractivity contribution is 5.81. The zero-order chi connectivity index (χ0) is 18.6. The molecule has 0 spiro atoms. The molecule has 3 aromatic rings. The van der Waals surface area contributed by atoms with E-state index in [0.717, 1.165) is 52.7 Å². The van der Waals surface area contributed by atoms with E-state index in [2.05, 4.69) is 30.3 Å². The molecule has 0 atom stereocenters. The minimum Gasteiger partial charge on any atom is -0.497 e. The number of ether oxygens (including phenoxy) is 1. The van der Waals surface area contributed by atoms with E-state index >= 15 is 0 Å². The van der Waals surface area contributed by atoms with Crippen LogP contribution in [-0.4, -0.2) is 30.2 Å². The van der Waals surface area contributed by atoms with Gasteiger partial charge in [-0.2, -0.15) is 0 Å². The van der Waals surface area contributed by atoms with E-state index in [0.29, 0.717) is 0 Å². The van der Waals surface area contributed by atoms with Crippen LogP contribution in [0.3, 0.4) is 0 Å². The Labute approximate surface area is 160 Å². The summed E-state index contributed by atoms with van der Waals surface area (Å²) in [4.78, 5) is 10.7. The third kappa shape index (κ3) is 3.96. The molecule has 1 fully saturated rings. The van der Waals surface area contributed by atoms with E-state index < -0.39 is 0 Å². The van der Waals surface area contributed by atoms with Crippen LogP contribution in [0, 0.1) is 6.92 Å². The first-order chi connectivity index (χ1) is 13.2. The number of hydrogen-bond acceptors (Lipinski definition) is 4. The number of rotatable bonds is 5. The van der Waals surface area contributed by atoms with Crippen molar-refractivity contribution in [1.82, 2.24) is 10.0 Å². The van der Waals surface area contributed by atoms with Gasteiger partial charge in [-0.25, -0.2) is 0 Å². The van der Waals surface area contributed by atoms with Crippen LogP contribution in [0.15, 0.2) is 60.7 Å². The van der Waals surface area contributed by atoms with Crippen LogP contribution in [0.2, 0.25) is 0 Å². The largest absolute Gasteiger partial charge is 0.497 e. The van der Waals surface area contributed by atoms with Crippen LogP contribution >= 0.6 is 0 Å². The van der Waals surface area contributed by atoms with Gasteiger partial charge in [-0.3, -0.25) is 4.98 Å². The highest BCUT2D eigenvalue weighted by Crippen LogP contribution is 2.32. The summed E-state index contributed by atoms with van der Waals surface area (Å²) in [7, 11) is 1.68. The predicted molar refractivity (Wildman–Crippen MR) is 108 cm³/mol. The summed E-state index contributed by atoms with van der Waals surface area (Å²) in [5, 5.41) is 2.03. The van der Waals surface area contributed by atoms with Crippen molar-refractivity contribution in [3.05, 3.63) is 66.4 Å². The number of aromatic nitrogens is 1.